The normalized spacial score (nSPS) is 9.35. The summed E-state index contributed by atoms with van der Waals surface area (Å²) >= 11 is 5.32. The molecule has 0 aliphatic heterocycles. The second-order valence-electron chi connectivity index (χ2n) is 3.07. The van der Waals surface area contributed by atoms with Gasteiger partial charge in [-0.05, 0) is 42.5 Å². The molecule has 90 valence electrons. The largest absolute Gasteiger partial charge is 0.508 e. The van der Waals surface area contributed by atoms with Crippen molar-refractivity contribution in [2.45, 2.75) is 0 Å². The Bertz CT molecular complexity index is 465. The fraction of sp³-hybridized carbons (Fsp3) is 0. The van der Waals surface area contributed by atoms with E-state index in [9.17, 15) is 8.78 Å². The highest BCUT2D eigenvalue weighted by Crippen LogP contribution is 2.22. The van der Waals surface area contributed by atoms with Crippen LogP contribution in [0.3, 0.4) is 0 Å². The highest BCUT2D eigenvalue weighted by molar-refractivity contribution is 6.31. The van der Waals surface area contributed by atoms with Crippen LogP contribution in [-0.4, -0.2) is 10.2 Å². The maximum absolute atomic E-state index is 12.2. The first-order chi connectivity index (χ1) is 7.99. The highest BCUT2D eigenvalue weighted by atomic mass is 35.5. The van der Waals surface area contributed by atoms with Crippen molar-refractivity contribution in [1.29, 1.82) is 0 Å². The molecule has 0 saturated carbocycles. The van der Waals surface area contributed by atoms with E-state index in [0.29, 0.717) is 0 Å². The van der Waals surface area contributed by atoms with E-state index in [1.165, 1.54) is 30.3 Å². The maximum atomic E-state index is 12.2. The van der Waals surface area contributed by atoms with Gasteiger partial charge < -0.3 is 10.2 Å². The van der Waals surface area contributed by atoms with Crippen molar-refractivity contribution in [1.82, 2.24) is 0 Å². The molecule has 0 aliphatic carbocycles. The molecule has 0 aromatic heterocycles. The summed E-state index contributed by atoms with van der Waals surface area (Å²) in [5, 5.41) is 17.4. The minimum atomic E-state index is -0.446. The number of benzene rings is 2. The predicted molar refractivity (Wildman–Crippen MR) is 61.1 cm³/mol. The second-order valence-corrected chi connectivity index (χ2v) is 3.48. The molecule has 0 bridgehead atoms. The van der Waals surface area contributed by atoms with Crippen LogP contribution in [0.5, 0.6) is 11.5 Å². The van der Waals surface area contributed by atoms with Gasteiger partial charge in [-0.15, -0.1) is 0 Å². The van der Waals surface area contributed by atoms with E-state index in [2.05, 4.69) is 0 Å². The highest BCUT2D eigenvalue weighted by Gasteiger charge is 1.96. The minimum absolute atomic E-state index is 0.0370. The topological polar surface area (TPSA) is 40.5 Å². The summed E-state index contributed by atoms with van der Waals surface area (Å²) < 4.78 is 24.1. The number of phenols is 2. The number of phenolic OH excluding ortho intramolecular Hbond substituents is 2. The Morgan fingerprint density at radius 3 is 1.76 bits per heavy atom. The third-order valence-corrected chi connectivity index (χ3v) is 2.04. The number of rotatable bonds is 0. The fourth-order valence-electron chi connectivity index (χ4n) is 0.922. The van der Waals surface area contributed by atoms with Crippen LogP contribution in [0.15, 0.2) is 42.5 Å². The van der Waals surface area contributed by atoms with Gasteiger partial charge in [-0.25, -0.2) is 8.78 Å². The van der Waals surface area contributed by atoms with E-state index in [4.69, 9.17) is 21.8 Å². The lowest BCUT2D eigenvalue weighted by molar-refractivity contribution is 0.473. The first-order valence-electron chi connectivity index (χ1n) is 4.57. The zero-order valence-electron chi connectivity index (χ0n) is 8.57. The molecule has 0 amide bonds. The van der Waals surface area contributed by atoms with E-state index in [-0.39, 0.29) is 22.3 Å². The third kappa shape index (κ3) is 4.70. The number of hydrogen-bond donors (Lipinski definition) is 2. The Hall–Kier alpha value is -1.81. The van der Waals surface area contributed by atoms with Gasteiger partial charge in [0.05, 0.1) is 5.02 Å². The van der Waals surface area contributed by atoms with Crippen molar-refractivity contribution in [2.24, 2.45) is 0 Å². The van der Waals surface area contributed by atoms with E-state index in [1.807, 2.05) is 0 Å². The van der Waals surface area contributed by atoms with Gasteiger partial charge in [0.15, 0.2) is 0 Å². The molecule has 0 atom stereocenters. The molecule has 2 aromatic rings. The van der Waals surface area contributed by atoms with Gasteiger partial charge in [0, 0.05) is 0 Å². The van der Waals surface area contributed by atoms with Crippen molar-refractivity contribution in [3.8, 4) is 11.5 Å². The molecule has 0 fully saturated rings. The Balaban J connectivity index is 0.000000171. The SMILES string of the molecule is Oc1ccc(F)cc1.Oc1ccc(F)cc1Cl. The van der Waals surface area contributed by atoms with Crippen LogP contribution in [-0.2, 0) is 0 Å². The molecule has 2 aromatic carbocycles. The lowest BCUT2D eigenvalue weighted by Gasteiger charge is -1.92. The van der Waals surface area contributed by atoms with Crippen LogP contribution in [0.4, 0.5) is 8.78 Å². The van der Waals surface area contributed by atoms with Crippen LogP contribution in [0.25, 0.3) is 0 Å². The van der Waals surface area contributed by atoms with Crippen LogP contribution < -0.4 is 0 Å². The van der Waals surface area contributed by atoms with E-state index >= 15 is 0 Å². The van der Waals surface area contributed by atoms with Gasteiger partial charge in [0.25, 0.3) is 0 Å². The summed E-state index contributed by atoms with van der Waals surface area (Å²) in [5.41, 5.74) is 0. The molecule has 0 aliphatic rings. The maximum Gasteiger partial charge on any atom is 0.134 e. The smallest absolute Gasteiger partial charge is 0.134 e. The van der Waals surface area contributed by atoms with Gasteiger partial charge in [-0.2, -0.15) is 0 Å². The van der Waals surface area contributed by atoms with Crippen molar-refractivity contribution in [2.75, 3.05) is 0 Å². The monoisotopic (exact) mass is 258 g/mol. The third-order valence-electron chi connectivity index (χ3n) is 1.74. The number of aromatic hydroxyl groups is 2. The lowest BCUT2D eigenvalue weighted by atomic mass is 10.3. The molecule has 0 radical (unpaired) electrons. The molecule has 0 spiro atoms. The van der Waals surface area contributed by atoms with Gasteiger partial charge in [-0.3, -0.25) is 0 Å². The molecule has 2 N–H and O–H groups in total. The first kappa shape index (κ1) is 13.3. The van der Waals surface area contributed by atoms with Gasteiger partial charge in [-0.1, -0.05) is 11.6 Å². The molecule has 17 heavy (non-hydrogen) atoms. The molecule has 0 heterocycles. The van der Waals surface area contributed by atoms with E-state index < -0.39 is 5.82 Å². The molecule has 2 nitrogen and oxygen atoms in total. The number of halogens is 3. The van der Waals surface area contributed by atoms with Crippen LogP contribution in [0, 0.1) is 11.6 Å². The van der Waals surface area contributed by atoms with Crippen LogP contribution in [0.1, 0.15) is 0 Å². The van der Waals surface area contributed by atoms with Crippen molar-refractivity contribution in [3.63, 3.8) is 0 Å². The Morgan fingerprint density at radius 2 is 1.35 bits per heavy atom. The summed E-state index contributed by atoms with van der Waals surface area (Å²) in [6.07, 6.45) is 0. The van der Waals surface area contributed by atoms with Crippen molar-refractivity contribution in [3.05, 3.63) is 59.1 Å². The predicted octanol–water partition coefficient (Wildman–Crippen LogP) is 3.72. The molecular formula is C12H9ClF2O2. The fourth-order valence-corrected chi connectivity index (χ4v) is 1.09. The molecule has 2 rings (SSSR count). The van der Waals surface area contributed by atoms with Crippen molar-refractivity contribution >= 4 is 11.6 Å². The van der Waals surface area contributed by atoms with E-state index in [0.717, 1.165) is 12.1 Å². The molecular weight excluding hydrogens is 250 g/mol. The first-order valence-corrected chi connectivity index (χ1v) is 4.95. The zero-order chi connectivity index (χ0) is 12.8. The summed E-state index contributed by atoms with van der Waals surface area (Å²) in [6, 6.07) is 8.41. The van der Waals surface area contributed by atoms with Gasteiger partial charge >= 0.3 is 0 Å². The Labute approximate surface area is 102 Å². The summed E-state index contributed by atoms with van der Waals surface area (Å²) in [4.78, 5) is 0. The van der Waals surface area contributed by atoms with Crippen LogP contribution in [0.2, 0.25) is 5.02 Å². The minimum Gasteiger partial charge on any atom is -0.508 e. The summed E-state index contributed by atoms with van der Waals surface area (Å²) in [5.74, 6) is -0.787. The average Bonchev–Trinajstić information content (AvgIpc) is 2.29. The quantitative estimate of drug-likeness (QED) is 0.756. The Morgan fingerprint density at radius 1 is 0.824 bits per heavy atom. The summed E-state index contributed by atoms with van der Waals surface area (Å²) in [6.45, 7) is 0. The average molecular weight is 259 g/mol. The molecule has 0 unspecified atom stereocenters. The van der Waals surface area contributed by atoms with Gasteiger partial charge in [0.2, 0.25) is 0 Å². The van der Waals surface area contributed by atoms with Crippen molar-refractivity contribution < 1.29 is 19.0 Å². The second kappa shape index (κ2) is 6.06. The van der Waals surface area contributed by atoms with Gasteiger partial charge in [0.1, 0.15) is 23.1 Å². The number of hydrogen-bond acceptors (Lipinski definition) is 2. The standard InChI is InChI=1S/C6H4ClFO.C6H5FO/c7-5-3-4(8)1-2-6(5)9;7-5-1-3-6(8)4-2-5/h1-3,9H;1-4,8H. The summed E-state index contributed by atoms with van der Waals surface area (Å²) in [7, 11) is 0. The zero-order valence-corrected chi connectivity index (χ0v) is 9.33. The lowest BCUT2D eigenvalue weighted by Crippen LogP contribution is -1.71. The Kier molecular flexibility index (Phi) is 4.72. The molecule has 0 saturated heterocycles. The van der Waals surface area contributed by atoms with Crippen LogP contribution >= 0.6 is 11.6 Å². The molecule has 5 heteroatoms. The van der Waals surface area contributed by atoms with E-state index in [1.54, 1.807) is 0 Å².